The number of hydrogen-bond acceptors (Lipinski definition) is 5. The summed E-state index contributed by atoms with van der Waals surface area (Å²) in [6, 6.07) is 0. The van der Waals surface area contributed by atoms with Gasteiger partial charge in [0.2, 0.25) is 10.0 Å². The minimum absolute atomic E-state index is 0. The van der Waals surface area contributed by atoms with Crippen molar-refractivity contribution in [3.05, 3.63) is 0 Å². The van der Waals surface area contributed by atoms with Crippen LogP contribution in [0.5, 0.6) is 0 Å². The van der Waals surface area contributed by atoms with Gasteiger partial charge in [-0.15, -0.1) is 24.0 Å². The normalized spacial score (nSPS) is 18.2. The number of hydrogen-bond donors (Lipinski definition) is 1. The minimum Gasteiger partial charge on any atom is -0.466 e. The van der Waals surface area contributed by atoms with E-state index in [9.17, 15) is 13.2 Å². The zero-order valence-corrected chi connectivity index (χ0v) is 20.1. The molecule has 0 radical (unpaired) electrons. The molecule has 1 unspecified atom stereocenters. The SMILES string of the molecule is CCNC(=NCCCN(CC)S(C)(=O)=O)N1CCCC(C(=O)OCC)C1.I. The van der Waals surface area contributed by atoms with Gasteiger partial charge in [0.25, 0.3) is 0 Å². The van der Waals surface area contributed by atoms with Gasteiger partial charge in [0.05, 0.1) is 18.8 Å². The van der Waals surface area contributed by atoms with E-state index in [0.717, 1.165) is 31.9 Å². The number of rotatable bonds is 9. The van der Waals surface area contributed by atoms with Gasteiger partial charge in [-0.1, -0.05) is 6.92 Å². The number of nitrogens with zero attached hydrogens (tertiary/aromatic N) is 3. The summed E-state index contributed by atoms with van der Waals surface area (Å²) in [5.74, 6) is 0.525. The van der Waals surface area contributed by atoms with Crippen molar-refractivity contribution in [2.75, 3.05) is 52.1 Å². The number of guanidine groups is 1. The van der Waals surface area contributed by atoms with Gasteiger partial charge in [0.15, 0.2) is 5.96 Å². The van der Waals surface area contributed by atoms with E-state index in [1.165, 1.54) is 10.6 Å². The highest BCUT2D eigenvalue weighted by molar-refractivity contribution is 14.0. The van der Waals surface area contributed by atoms with E-state index in [4.69, 9.17) is 4.74 Å². The lowest BCUT2D eigenvalue weighted by molar-refractivity contribution is -0.149. The molecule has 1 rings (SSSR count). The molecule has 0 amide bonds. The molecule has 0 aliphatic carbocycles. The number of ether oxygens (including phenoxy) is 1. The van der Waals surface area contributed by atoms with Crippen LogP contribution in [0.1, 0.15) is 40.0 Å². The Kier molecular flexibility index (Phi) is 13.2. The summed E-state index contributed by atoms with van der Waals surface area (Å²) in [4.78, 5) is 18.7. The first-order valence-electron chi connectivity index (χ1n) is 9.48. The van der Waals surface area contributed by atoms with Crippen LogP contribution in [0.25, 0.3) is 0 Å². The van der Waals surface area contributed by atoms with Crippen LogP contribution in [0.3, 0.4) is 0 Å². The molecule has 1 N–H and O–H groups in total. The van der Waals surface area contributed by atoms with Crippen molar-refractivity contribution >= 4 is 45.9 Å². The monoisotopic (exact) mass is 518 g/mol. The third-order valence-electron chi connectivity index (χ3n) is 4.32. The van der Waals surface area contributed by atoms with Crippen LogP contribution < -0.4 is 5.32 Å². The maximum atomic E-state index is 12.0. The molecule has 10 heteroatoms. The first-order valence-corrected chi connectivity index (χ1v) is 11.3. The largest absolute Gasteiger partial charge is 0.466 e. The van der Waals surface area contributed by atoms with Crippen LogP contribution in [0.4, 0.5) is 0 Å². The van der Waals surface area contributed by atoms with E-state index >= 15 is 0 Å². The molecule has 1 atom stereocenters. The van der Waals surface area contributed by atoms with Crippen molar-refractivity contribution in [2.24, 2.45) is 10.9 Å². The van der Waals surface area contributed by atoms with Crippen LogP contribution in [-0.2, 0) is 19.6 Å². The number of sulfonamides is 1. The second-order valence-corrected chi connectivity index (χ2v) is 8.36. The fourth-order valence-electron chi connectivity index (χ4n) is 3.04. The predicted molar refractivity (Wildman–Crippen MR) is 119 cm³/mol. The number of halogens is 1. The van der Waals surface area contributed by atoms with E-state index < -0.39 is 10.0 Å². The molecule has 8 nitrogen and oxygen atoms in total. The number of likely N-dealkylation sites (tertiary alicyclic amines) is 1. The van der Waals surface area contributed by atoms with Gasteiger partial charge in [-0.2, -0.15) is 0 Å². The summed E-state index contributed by atoms with van der Waals surface area (Å²) in [6.07, 6.45) is 3.65. The fraction of sp³-hybridized carbons (Fsp3) is 0.882. The van der Waals surface area contributed by atoms with Crippen LogP contribution in [0.2, 0.25) is 0 Å². The Labute approximate surface area is 181 Å². The second-order valence-electron chi connectivity index (χ2n) is 6.38. The standard InChI is InChI=1S/C17H34N4O4S.HI/c1-5-18-17(19-11-9-13-21(6-2)26(4,23)24)20-12-8-10-15(14-20)16(22)25-7-3;/h15H,5-14H2,1-4H3,(H,18,19);1H. The Hall–Kier alpha value is -0.620. The van der Waals surface area contributed by atoms with Gasteiger partial charge < -0.3 is 15.0 Å². The van der Waals surface area contributed by atoms with Gasteiger partial charge in [-0.05, 0) is 33.1 Å². The Balaban J connectivity index is 0.00000676. The predicted octanol–water partition coefficient (Wildman–Crippen LogP) is 1.52. The number of piperidine rings is 1. The Morgan fingerprint density at radius 2 is 2.04 bits per heavy atom. The van der Waals surface area contributed by atoms with Crippen molar-refractivity contribution in [1.29, 1.82) is 0 Å². The first kappa shape index (κ1) is 26.4. The molecule has 0 spiro atoms. The molecular formula is C17H35IN4O4S. The average Bonchev–Trinajstić information content (AvgIpc) is 2.60. The minimum atomic E-state index is -3.16. The number of carbonyl (C=O) groups excluding carboxylic acids is 1. The molecule has 0 bridgehead atoms. The molecule has 1 aliphatic heterocycles. The summed E-state index contributed by atoms with van der Waals surface area (Å²) < 4.78 is 29.8. The molecular weight excluding hydrogens is 483 g/mol. The zero-order valence-electron chi connectivity index (χ0n) is 16.9. The maximum Gasteiger partial charge on any atom is 0.310 e. The Morgan fingerprint density at radius 3 is 2.59 bits per heavy atom. The van der Waals surface area contributed by atoms with Gasteiger partial charge in [0.1, 0.15) is 0 Å². The van der Waals surface area contributed by atoms with E-state index in [0.29, 0.717) is 39.2 Å². The summed E-state index contributed by atoms with van der Waals surface area (Å²) in [6.45, 7) is 9.72. The molecule has 1 heterocycles. The highest BCUT2D eigenvalue weighted by atomic mass is 127. The third kappa shape index (κ3) is 9.42. The molecule has 0 aromatic carbocycles. The van der Waals surface area contributed by atoms with Crippen molar-refractivity contribution in [3.8, 4) is 0 Å². The smallest absolute Gasteiger partial charge is 0.310 e. The number of esters is 1. The second kappa shape index (κ2) is 13.5. The number of aliphatic imine (C=N–C) groups is 1. The van der Waals surface area contributed by atoms with Gasteiger partial charge in [-0.25, -0.2) is 12.7 Å². The Morgan fingerprint density at radius 1 is 1.33 bits per heavy atom. The number of nitrogens with one attached hydrogen (secondary N) is 1. The van der Waals surface area contributed by atoms with Gasteiger partial charge in [-0.3, -0.25) is 9.79 Å². The Bertz CT molecular complexity index is 571. The van der Waals surface area contributed by atoms with E-state index in [1.807, 2.05) is 20.8 Å². The van der Waals surface area contributed by atoms with Crippen LogP contribution in [0, 0.1) is 5.92 Å². The molecule has 27 heavy (non-hydrogen) atoms. The highest BCUT2D eigenvalue weighted by Gasteiger charge is 2.28. The summed E-state index contributed by atoms with van der Waals surface area (Å²) in [5, 5.41) is 3.27. The van der Waals surface area contributed by atoms with Gasteiger partial charge in [0, 0.05) is 39.3 Å². The van der Waals surface area contributed by atoms with Crippen molar-refractivity contribution in [1.82, 2.24) is 14.5 Å². The lowest BCUT2D eigenvalue weighted by atomic mass is 9.98. The molecule has 160 valence electrons. The average molecular weight is 518 g/mol. The molecule has 0 aromatic rings. The summed E-state index contributed by atoms with van der Waals surface area (Å²) in [7, 11) is -3.16. The van der Waals surface area contributed by atoms with Crippen LogP contribution in [0.15, 0.2) is 4.99 Å². The molecule has 1 fully saturated rings. The van der Waals surface area contributed by atoms with Crippen molar-refractivity contribution < 1.29 is 17.9 Å². The van der Waals surface area contributed by atoms with Crippen molar-refractivity contribution in [2.45, 2.75) is 40.0 Å². The third-order valence-corrected chi connectivity index (χ3v) is 5.70. The van der Waals surface area contributed by atoms with Crippen LogP contribution in [-0.4, -0.2) is 81.7 Å². The van der Waals surface area contributed by atoms with Crippen LogP contribution >= 0.6 is 24.0 Å². The lowest BCUT2D eigenvalue weighted by Gasteiger charge is -2.34. The number of carbonyl (C=O) groups is 1. The first-order chi connectivity index (χ1) is 12.3. The van der Waals surface area contributed by atoms with Gasteiger partial charge >= 0.3 is 5.97 Å². The summed E-state index contributed by atoms with van der Waals surface area (Å²) in [5.41, 5.74) is 0. The van der Waals surface area contributed by atoms with E-state index in [1.54, 1.807) is 0 Å². The molecule has 1 saturated heterocycles. The maximum absolute atomic E-state index is 12.0. The molecule has 0 aromatic heterocycles. The summed E-state index contributed by atoms with van der Waals surface area (Å²) >= 11 is 0. The molecule has 1 aliphatic rings. The van der Waals surface area contributed by atoms with E-state index in [-0.39, 0.29) is 35.9 Å². The topological polar surface area (TPSA) is 91.3 Å². The quantitative estimate of drug-likeness (QED) is 0.164. The molecule has 0 saturated carbocycles. The fourth-order valence-corrected chi connectivity index (χ4v) is 3.97. The highest BCUT2D eigenvalue weighted by Crippen LogP contribution is 2.18. The van der Waals surface area contributed by atoms with Crippen molar-refractivity contribution in [3.63, 3.8) is 0 Å². The lowest BCUT2D eigenvalue weighted by Crippen LogP contribution is -2.48. The van der Waals surface area contributed by atoms with E-state index in [2.05, 4.69) is 15.2 Å². The zero-order chi connectivity index (χ0) is 19.6.